The van der Waals surface area contributed by atoms with E-state index < -0.39 is 22.2 Å². The number of nitrogens with two attached hydrogens (primary N) is 1. The molecule has 1 aromatic carbocycles. The van der Waals surface area contributed by atoms with Gasteiger partial charge in [0.05, 0.1) is 4.92 Å². The molecule has 0 radical (unpaired) electrons. The van der Waals surface area contributed by atoms with Crippen LogP contribution < -0.4 is 11.1 Å². The van der Waals surface area contributed by atoms with E-state index in [0.717, 1.165) is 6.07 Å². The van der Waals surface area contributed by atoms with Crippen molar-refractivity contribution < 1.29 is 13.7 Å². The number of nitrogens with zero attached hydrogens (tertiary/aromatic N) is 1. The number of hydrogen-bond donors (Lipinski definition) is 2. The van der Waals surface area contributed by atoms with Crippen LogP contribution in [-0.4, -0.2) is 17.5 Å². The second kappa shape index (κ2) is 5.72. The van der Waals surface area contributed by atoms with Crippen molar-refractivity contribution in [2.75, 3.05) is 11.9 Å². The van der Waals surface area contributed by atoms with Gasteiger partial charge in [0, 0.05) is 24.7 Å². The number of hydrogen-bond acceptors (Lipinski definition) is 4. The van der Waals surface area contributed by atoms with Gasteiger partial charge in [0.1, 0.15) is 11.5 Å². The first-order valence-corrected chi connectivity index (χ1v) is 5.46. The fourth-order valence-electron chi connectivity index (χ4n) is 1.56. The van der Waals surface area contributed by atoms with E-state index in [1.807, 2.05) is 13.8 Å². The Bertz CT molecular complexity index is 452. The molecule has 0 aliphatic heterocycles. The summed E-state index contributed by atoms with van der Waals surface area (Å²) in [5.74, 6) is -2.01. The fraction of sp³-hybridized carbons (Fsp3) is 0.455. The summed E-state index contributed by atoms with van der Waals surface area (Å²) in [5, 5.41) is 13.5. The second-order valence-electron chi connectivity index (χ2n) is 4.27. The van der Waals surface area contributed by atoms with Crippen LogP contribution in [0.4, 0.5) is 20.2 Å². The lowest BCUT2D eigenvalue weighted by molar-refractivity contribution is -0.386. The van der Waals surface area contributed by atoms with Crippen molar-refractivity contribution in [2.45, 2.75) is 19.9 Å². The number of anilines is 1. The minimum absolute atomic E-state index is 0.0703. The molecule has 0 saturated heterocycles. The molecule has 3 N–H and O–H groups in total. The topological polar surface area (TPSA) is 81.2 Å². The maximum Gasteiger partial charge on any atom is 0.327 e. The molecule has 18 heavy (non-hydrogen) atoms. The molecular formula is C11H15F2N3O2. The minimum Gasteiger partial charge on any atom is -0.375 e. The second-order valence-corrected chi connectivity index (χ2v) is 4.27. The van der Waals surface area contributed by atoms with E-state index in [1.54, 1.807) is 0 Å². The summed E-state index contributed by atoms with van der Waals surface area (Å²) >= 11 is 0. The Labute approximate surface area is 103 Å². The molecule has 1 aromatic rings. The molecular weight excluding hydrogens is 244 g/mol. The van der Waals surface area contributed by atoms with Crippen LogP contribution in [0.3, 0.4) is 0 Å². The van der Waals surface area contributed by atoms with E-state index >= 15 is 0 Å². The van der Waals surface area contributed by atoms with Crippen LogP contribution in [0.15, 0.2) is 12.1 Å². The average molecular weight is 259 g/mol. The van der Waals surface area contributed by atoms with Crippen LogP contribution >= 0.6 is 0 Å². The molecule has 0 fully saturated rings. The molecule has 5 nitrogen and oxygen atoms in total. The summed E-state index contributed by atoms with van der Waals surface area (Å²) < 4.78 is 26.5. The fourth-order valence-corrected chi connectivity index (χ4v) is 1.56. The quantitative estimate of drug-likeness (QED) is 0.627. The Hall–Kier alpha value is -1.76. The van der Waals surface area contributed by atoms with Crippen molar-refractivity contribution in [3.8, 4) is 0 Å². The van der Waals surface area contributed by atoms with Crippen LogP contribution in [0.1, 0.15) is 13.8 Å². The number of nitrogens with one attached hydrogen (secondary N) is 1. The van der Waals surface area contributed by atoms with Gasteiger partial charge in [-0.15, -0.1) is 0 Å². The van der Waals surface area contributed by atoms with Crippen LogP contribution in [-0.2, 0) is 0 Å². The Morgan fingerprint density at radius 1 is 1.44 bits per heavy atom. The Morgan fingerprint density at radius 3 is 2.50 bits per heavy atom. The van der Waals surface area contributed by atoms with Crippen LogP contribution in [0.5, 0.6) is 0 Å². The third kappa shape index (κ3) is 3.13. The molecule has 0 saturated carbocycles. The van der Waals surface area contributed by atoms with Crippen molar-refractivity contribution in [1.29, 1.82) is 0 Å². The molecule has 1 rings (SSSR count). The third-order valence-corrected chi connectivity index (χ3v) is 2.61. The number of halogens is 2. The van der Waals surface area contributed by atoms with Gasteiger partial charge in [0.2, 0.25) is 5.82 Å². The van der Waals surface area contributed by atoms with Crippen LogP contribution in [0, 0.1) is 27.7 Å². The number of benzene rings is 1. The van der Waals surface area contributed by atoms with Gasteiger partial charge in [-0.2, -0.15) is 4.39 Å². The van der Waals surface area contributed by atoms with Gasteiger partial charge in [0.15, 0.2) is 0 Å². The minimum atomic E-state index is -1.21. The molecule has 0 heterocycles. The van der Waals surface area contributed by atoms with Gasteiger partial charge in [-0.3, -0.25) is 10.1 Å². The predicted octanol–water partition coefficient (Wildman–Crippen LogP) is 2.27. The number of nitro groups is 1. The van der Waals surface area contributed by atoms with Crippen molar-refractivity contribution >= 4 is 11.4 Å². The highest BCUT2D eigenvalue weighted by Gasteiger charge is 2.24. The number of nitro benzene ring substituents is 1. The predicted molar refractivity (Wildman–Crippen MR) is 64.3 cm³/mol. The van der Waals surface area contributed by atoms with Crippen molar-refractivity contribution in [3.63, 3.8) is 0 Å². The van der Waals surface area contributed by atoms with E-state index in [0.29, 0.717) is 6.07 Å². The first-order valence-electron chi connectivity index (χ1n) is 5.46. The zero-order valence-corrected chi connectivity index (χ0v) is 10.1. The number of rotatable bonds is 5. The molecule has 1 unspecified atom stereocenters. The highest BCUT2D eigenvalue weighted by atomic mass is 19.1. The highest BCUT2D eigenvalue weighted by Crippen LogP contribution is 2.29. The SMILES string of the molecule is CC(C)C(CN)Nc1cc(F)cc(F)c1[N+](=O)[O-]. The normalized spacial score (nSPS) is 12.6. The first-order chi connectivity index (χ1) is 8.36. The van der Waals surface area contributed by atoms with Gasteiger partial charge >= 0.3 is 5.69 Å². The molecule has 0 aliphatic carbocycles. The van der Waals surface area contributed by atoms with Crippen molar-refractivity contribution in [2.24, 2.45) is 11.7 Å². The lowest BCUT2D eigenvalue weighted by Gasteiger charge is -2.21. The maximum atomic E-state index is 13.4. The molecule has 0 bridgehead atoms. The monoisotopic (exact) mass is 259 g/mol. The summed E-state index contributed by atoms with van der Waals surface area (Å²) in [4.78, 5) is 9.88. The van der Waals surface area contributed by atoms with Crippen molar-refractivity contribution in [3.05, 3.63) is 33.9 Å². The standard InChI is InChI=1S/C11H15F2N3O2/c1-6(2)10(5-14)15-9-4-7(12)3-8(13)11(9)16(17)18/h3-4,6,10,15H,5,14H2,1-2H3. The smallest absolute Gasteiger partial charge is 0.327 e. The van der Waals surface area contributed by atoms with Gasteiger partial charge < -0.3 is 11.1 Å². The molecule has 7 heteroatoms. The van der Waals surface area contributed by atoms with E-state index in [2.05, 4.69) is 5.32 Å². The highest BCUT2D eigenvalue weighted by molar-refractivity contribution is 5.62. The van der Waals surface area contributed by atoms with E-state index in [-0.39, 0.29) is 24.2 Å². The summed E-state index contributed by atoms with van der Waals surface area (Å²) in [5.41, 5.74) is 4.54. The molecule has 0 aliphatic rings. The van der Waals surface area contributed by atoms with Crippen LogP contribution in [0.2, 0.25) is 0 Å². The zero-order valence-electron chi connectivity index (χ0n) is 10.1. The van der Waals surface area contributed by atoms with E-state index in [4.69, 9.17) is 5.73 Å². The molecule has 1 atom stereocenters. The van der Waals surface area contributed by atoms with E-state index in [1.165, 1.54) is 0 Å². The molecule has 0 spiro atoms. The maximum absolute atomic E-state index is 13.4. The van der Waals surface area contributed by atoms with Gasteiger partial charge in [-0.1, -0.05) is 13.8 Å². The molecule has 0 aromatic heterocycles. The van der Waals surface area contributed by atoms with Gasteiger partial charge in [-0.05, 0) is 5.92 Å². The summed E-state index contributed by atoms with van der Waals surface area (Å²) in [6, 6.07) is 1.08. The van der Waals surface area contributed by atoms with Crippen LogP contribution in [0.25, 0.3) is 0 Å². The summed E-state index contributed by atoms with van der Waals surface area (Å²) in [6.07, 6.45) is 0. The average Bonchev–Trinajstić information content (AvgIpc) is 2.23. The summed E-state index contributed by atoms with van der Waals surface area (Å²) in [6.45, 7) is 3.91. The van der Waals surface area contributed by atoms with E-state index in [9.17, 15) is 18.9 Å². The van der Waals surface area contributed by atoms with Crippen molar-refractivity contribution in [1.82, 2.24) is 0 Å². The van der Waals surface area contributed by atoms with Gasteiger partial charge in [-0.25, -0.2) is 4.39 Å². The van der Waals surface area contributed by atoms with Gasteiger partial charge in [0.25, 0.3) is 0 Å². The first kappa shape index (κ1) is 14.3. The lowest BCUT2D eigenvalue weighted by atomic mass is 10.0. The Kier molecular flexibility index (Phi) is 4.55. The molecule has 100 valence electrons. The third-order valence-electron chi connectivity index (χ3n) is 2.61. The molecule has 0 amide bonds. The lowest BCUT2D eigenvalue weighted by Crippen LogP contribution is -2.34. The zero-order chi connectivity index (χ0) is 13.9. The Morgan fingerprint density at radius 2 is 2.06 bits per heavy atom. The largest absolute Gasteiger partial charge is 0.375 e. The summed E-state index contributed by atoms with van der Waals surface area (Å²) in [7, 11) is 0. The Balaban J connectivity index is 3.18.